The second-order valence-electron chi connectivity index (χ2n) is 3.98. The highest BCUT2D eigenvalue weighted by atomic mass is 16.4. The molecular formula is C10H19NO2. The molecule has 3 heteroatoms. The molecule has 13 heavy (non-hydrogen) atoms. The van der Waals surface area contributed by atoms with E-state index in [1.54, 1.807) is 0 Å². The first-order chi connectivity index (χ1) is 6.14. The quantitative estimate of drug-likeness (QED) is 0.661. The van der Waals surface area contributed by atoms with Gasteiger partial charge in [0, 0.05) is 12.6 Å². The highest BCUT2D eigenvalue weighted by Gasteiger charge is 2.49. The number of hydrogen-bond donors (Lipinski definition) is 2. The molecule has 0 spiro atoms. The Morgan fingerprint density at radius 3 is 2.31 bits per heavy atom. The van der Waals surface area contributed by atoms with Crippen molar-refractivity contribution in [1.29, 1.82) is 0 Å². The summed E-state index contributed by atoms with van der Waals surface area (Å²) < 4.78 is 0. The first-order valence-electron chi connectivity index (χ1n) is 5.11. The Hall–Kier alpha value is -0.570. The fourth-order valence-electron chi connectivity index (χ4n) is 1.53. The maximum atomic E-state index is 10.8. The second-order valence-corrected chi connectivity index (χ2v) is 3.98. The summed E-state index contributed by atoms with van der Waals surface area (Å²) in [6.45, 7) is 4.90. The van der Waals surface area contributed by atoms with Crippen LogP contribution in [0.25, 0.3) is 0 Å². The molecule has 1 rings (SSSR count). The van der Waals surface area contributed by atoms with E-state index in [-0.39, 0.29) is 0 Å². The SMILES string of the molecule is CCC(CC)NCC1(C(=O)O)CC1. The zero-order valence-electron chi connectivity index (χ0n) is 8.47. The van der Waals surface area contributed by atoms with Gasteiger partial charge in [0.2, 0.25) is 0 Å². The van der Waals surface area contributed by atoms with Gasteiger partial charge >= 0.3 is 5.97 Å². The average molecular weight is 185 g/mol. The molecule has 76 valence electrons. The van der Waals surface area contributed by atoms with Crippen molar-refractivity contribution in [2.45, 2.75) is 45.6 Å². The van der Waals surface area contributed by atoms with Crippen molar-refractivity contribution in [2.75, 3.05) is 6.54 Å². The summed E-state index contributed by atoms with van der Waals surface area (Å²) in [5, 5.41) is 12.2. The first kappa shape index (κ1) is 10.5. The van der Waals surface area contributed by atoms with Gasteiger partial charge in [0.05, 0.1) is 5.41 Å². The molecule has 0 unspecified atom stereocenters. The van der Waals surface area contributed by atoms with Gasteiger partial charge in [0.1, 0.15) is 0 Å². The number of hydrogen-bond acceptors (Lipinski definition) is 2. The summed E-state index contributed by atoms with van der Waals surface area (Å²) in [5.41, 5.74) is -0.414. The van der Waals surface area contributed by atoms with E-state index in [1.165, 1.54) is 0 Å². The van der Waals surface area contributed by atoms with E-state index in [0.717, 1.165) is 25.7 Å². The molecule has 0 aromatic heterocycles. The molecule has 2 N–H and O–H groups in total. The van der Waals surface area contributed by atoms with Crippen LogP contribution in [0.2, 0.25) is 0 Å². The van der Waals surface area contributed by atoms with Gasteiger partial charge < -0.3 is 10.4 Å². The predicted molar refractivity (Wildman–Crippen MR) is 51.7 cm³/mol. The van der Waals surface area contributed by atoms with Gasteiger partial charge in [-0.1, -0.05) is 13.8 Å². The third kappa shape index (κ3) is 2.44. The van der Waals surface area contributed by atoms with Crippen molar-refractivity contribution in [3.8, 4) is 0 Å². The number of nitrogens with one attached hydrogen (secondary N) is 1. The molecule has 0 aliphatic heterocycles. The van der Waals surface area contributed by atoms with Crippen LogP contribution in [0.15, 0.2) is 0 Å². The van der Waals surface area contributed by atoms with Crippen LogP contribution < -0.4 is 5.32 Å². The minimum atomic E-state index is -0.633. The van der Waals surface area contributed by atoms with Crippen molar-refractivity contribution in [3.05, 3.63) is 0 Å². The summed E-state index contributed by atoms with van der Waals surface area (Å²) in [5.74, 6) is -0.633. The Balaban J connectivity index is 2.29. The fourth-order valence-corrected chi connectivity index (χ4v) is 1.53. The van der Waals surface area contributed by atoms with Gasteiger partial charge in [-0.2, -0.15) is 0 Å². The number of carbonyl (C=O) groups is 1. The van der Waals surface area contributed by atoms with E-state index in [2.05, 4.69) is 19.2 Å². The van der Waals surface area contributed by atoms with Crippen molar-refractivity contribution in [2.24, 2.45) is 5.41 Å². The van der Waals surface area contributed by atoms with E-state index < -0.39 is 11.4 Å². The van der Waals surface area contributed by atoms with Crippen molar-refractivity contribution in [3.63, 3.8) is 0 Å². The Kier molecular flexibility index (Phi) is 3.31. The van der Waals surface area contributed by atoms with Crippen molar-refractivity contribution >= 4 is 5.97 Å². The Morgan fingerprint density at radius 2 is 2.00 bits per heavy atom. The van der Waals surface area contributed by atoms with Crippen LogP contribution in [0, 0.1) is 5.41 Å². The topological polar surface area (TPSA) is 49.3 Å². The summed E-state index contributed by atoms with van der Waals surface area (Å²) in [7, 11) is 0. The summed E-state index contributed by atoms with van der Waals surface area (Å²) in [4.78, 5) is 10.8. The molecule has 0 bridgehead atoms. The molecular weight excluding hydrogens is 166 g/mol. The fraction of sp³-hybridized carbons (Fsp3) is 0.900. The zero-order valence-corrected chi connectivity index (χ0v) is 8.47. The van der Waals surface area contributed by atoms with Crippen LogP contribution in [0.3, 0.4) is 0 Å². The molecule has 3 nitrogen and oxygen atoms in total. The largest absolute Gasteiger partial charge is 0.481 e. The highest BCUT2D eigenvalue weighted by molar-refractivity contribution is 5.78. The Morgan fingerprint density at radius 1 is 1.46 bits per heavy atom. The number of carboxylic acid groups (broad SMARTS) is 1. The molecule has 0 atom stereocenters. The lowest BCUT2D eigenvalue weighted by molar-refractivity contribution is -0.143. The first-order valence-corrected chi connectivity index (χ1v) is 5.11. The van der Waals surface area contributed by atoms with E-state index in [1.807, 2.05) is 0 Å². The Bertz CT molecular complexity index is 183. The zero-order chi connectivity index (χ0) is 9.90. The van der Waals surface area contributed by atoms with E-state index >= 15 is 0 Å². The van der Waals surface area contributed by atoms with Gasteiger partial charge in [0.15, 0.2) is 0 Å². The molecule has 0 aromatic rings. The van der Waals surface area contributed by atoms with Crippen LogP contribution in [0.1, 0.15) is 39.5 Å². The highest BCUT2D eigenvalue weighted by Crippen LogP contribution is 2.45. The van der Waals surface area contributed by atoms with E-state index in [9.17, 15) is 4.79 Å². The Labute approximate surface area is 79.5 Å². The molecule has 0 amide bonds. The monoisotopic (exact) mass is 185 g/mol. The lowest BCUT2D eigenvalue weighted by atomic mass is 10.1. The molecule has 0 aromatic carbocycles. The third-order valence-corrected chi connectivity index (χ3v) is 3.02. The van der Waals surface area contributed by atoms with Crippen LogP contribution >= 0.6 is 0 Å². The van der Waals surface area contributed by atoms with Crippen LogP contribution in [0.4, 0.5) is 0 Å². The maximum absolute atomic E-state index is 10.8. The number of carboxylic acids is 1. The second kappa shape index (κ2) is 4.09. The summed E-state index contributed by atoms with van der Waals surface area (Å²) in [6.07, 6.45) is 3.84. The van der Waals surface area contributed by atoms with Gasteiger partial charge in [-0.05, 0) is 25.7 Å². The molecule has 0 saturated heterocycles. The minimum absolute atomic E-state index is 0.414. The van der Waals surface area contributed by atoms with Crippen LogP contribution in [-0.4, -0.2) is 23.7 Å². The molecule has 1 aliphatic rings. The standard InChI is InChI=1S/C10H19NO2/c1-3-8(4-2)11-7-10(5-6-10)9(12)13/h8,11H,3-7H2,1-2H3,(H,12,13). The third-order valence-electron chi connectivity index (χ3n) is 3.02. The number of rotatable bonds is 6. The maximum Gasteiger partial charge on any atom is 0.310 e. The van der Waals surface area contributed by atoms with Gasteiger partial charge in [-0.25, -0.2) is 0 Å². The summed E-state index contributed by atoms with van der Waals surface area (Å²) >= 11 is 0. The molecule has 1 fully saturated rings. The number of aliphatic carboxylic acids is 1. The molecule has 1 saturated carbocycles. The molecule has 0 heterocycles. The normalized spacial score (nSPS) is 19.0. The van der Waals surface area contributed by atoms with Gasteiger partial charge in [-0.15, -0.1) is 0 Å². The van der Waals surface area contributed by atoms with E-state index in [4.69, 9.17) is 5.11 Å². The van der Waals surface area contributed by atoms with Gasteiger partial charge in [-0.3, -0.25) is 4.79 Å². The van der Waals surface area contributed by atoms with Crippen molar-refractivity contribution in [1.82, 2.24) is 5.32 Å². The molecule has 1 aliphatic carbocycles. The van der Waals surface area contributed by atoms with Crippen LogP contribution in [0.5, 0.6) is 0 Å². The molecule has 0 radical (unpaired) electrons. The predicted octanol–water partition coefficient (Wildman–Crippen LogP) is 1.63. The summed E-state index contributed by atoms with van der Waals surface area (Å²) in [6, 6.07) is 0.483. The van der Waals surface area contributed by atoms with Gasteiger partial charge in [0.25, 0.3) is 0 Å². The lowest BCUT2D eigenvalue weighted by Crippen LogP contribution is -2.36. The lowest BCUT2D eigenvalue weighted by Gasteiger charge is -2.17. The minimum Gasteiger partial charge on any atom is -0.481 e. The smallest absolute Gasteiger partial charge is 0.310 e. The average Bonchev–Trinajstić information content (AvgIpc) is 2.87. The van der Waals surface area contributed by atoms with Crippen LogP contribution in [-0.2, 0) is 4.79 Å². The van der Waals surface area contributed by atoms with E-state index in [0.29, 0.717) is 12.6 Å². The van der Waals surface area contributed by atoms with Crippen molar-refractivity contribution < 1.29 is 9.90 Å².